The van der Waals surface area contributed by atoms with Gasteiger partial charge in [-0.15, -0.1) is 0 Å². The van der Waals surface area contributed by atoms with Gasteiger partial charge >= 0.3 is 0 Å². The SMILES string of the molecule is CCC1COCCN1C(=O)c1ccc(/C(N)=N/O)cc1. The molecule has 1 amide bonds. The van der Waals surface area contributed by atoms with E-state index in [4.69, 9.17) is 15.7 Å². The summed E-state index contributed by atoms with van der Waals surface area (Å²) in [6, 6.07) is 6.85. The van der Waals surface area contributed by atoms with Crippen molar-refractivity contribution in [2.45, 2.75) is 19.4 Å². The number of carbonyl (C=O) groups is 1. The maximum absolute atomic E-state index is 12.5. The van der Waals surface area contributed by atoms with E-state index < -0.39 is 0 Å². The first-order valence-corrected chi connectivity index (χ1v) is 6.64. The average molecular weight is 277 g/mol. The Morgan fingerprint density at radius 1 is 1.45 bits per heavy atom. The Kier molecular flexibility index (Phi) is 4.57. The number of carbonyl (C=O) groups excluding carboxylic acids is 1. The van der Waals surface area contributed by atoms with Crippen LogP contribution in [0, 0.1) is 0 Å². The molecule has 1 atom stereocenters. The van der Waals surface area contributed by atoms with Crippen LogP contribution < -0.4 is 5.73 Å². The molecule has 1 saturated heterocycles. The maximum Gasteiger partial charge on any atom is 0.254 e. The molecule has 1 heterocycles. The minimum Gasteiger partial charge on any atom is -0.409 e. The van der Waals surface area contributed by atoms with E-state index in [0.717, 1.165) is 6.42 Å². The summed E-state index contributed by atoms with van der Waals surface area (Å²) in [6.07, 6.45) is 0.869. The fourth-order valence-electron chi connectivity index (χ4n) is 2.27. The number of nitrogens with zero attached hydrogens (tertiary/aromatic N) is 2. The van der Waals surface area contributed by atoms with Crippen molar-refractivity contribution in [3.63, 3.8) is 0 Å². The molecular formula is C14H19N3O3. The molecule has 20 heavy (non-hydrogen) atoms. The van der Waals surface area contributed by atoms with E-state index in [0.29, 0.717) is 30.9 Å². The van der Waals surface area contributed by atoms with Crippen molar-refractivity contribution >= 4 is 11.7 Å². The molecule has 0 aliphatic carbocycles. The molecule has 0 spiro atoms. The van der Waals surface area contributed by atoms with Gasteiger partial charge in [0.05, 0.1) is 19.3 Å². The normalized spacial score (nSPS) is 19.9. The third-order valence-corrected chi connectivity index (χ3v) is 3.50. The van der Waals surface area contributed by atoms with Crippen LogP contribution in [0.4, 0.5) is 0 Å². The van der Waals surface area contributed by atoms with Crippen LogP contribution in [0.1, 0.15) is 29.3 Å². The number of ether oxygens (including phenoxy) is 1. The van der Waals surface area contributed by atoms with Gasteiger partial charge in [0, 0.05) is 17.7 Å². The molecule has 1 unspecified atom stereocenters. The van der Waals surface area contributed by atoms with E-state index in [1.54, 1.807) is 24.3 Å². The number of nitrogens with two attached hydrogens (primary N) is 1. The second-order valence-electron chi connectivity index (χ2n) is 4.70. The average Bonchev–Trinajstić information content (AvgIpc) is 2.53. The standard InChI is InChI=1S/C14H19N3O3/c1-2-12-9-20-8-7-17(12)14(18)11-5-3-10(4-6-11)13(15)16-19/h3-6,12,19H,2,7-9H2,1H3,(H2,15,16). The lowest BCUT2D eigenvalue weighted by molar-refractivity contribution is -0.00279. The minimum atomic E-state index is -0.00814. The van der Waals surface area contributed by atoms with Crippen molar-refractivity contribution in [1.82, 2.24) is 4.90 Å². The third-order valence-electron chi connectivity index (χ3n) is 3.50. The predicted octanol–water partition coefficient (Wildman–Crippen LogP) is 1.03. The molecule has 1 aromatic carbocycles. The molecular weight excluding hydrogens is 258 g/mol. The van der Waals surface area contributed by atoms with Crippen molar-refractivity contribution < 1.29 is 14.7 Å². The first kappa shape index (κ1) is 14.3. The summed E-state index contributed by atoms with van der Waals surface area (Å²) < 4.78 is 5.40. The van der Waals surface area contributed by atoms with Gasteiger partial charge in [-0.1, -0.05) is 24.2 Å². The fraction of sp³-hybridized carbons (Fsp3) is 0.429. The molecule has 0 bridgehead atoms. The van der Waals surface area contributed by atoms with Gasteiger partial charge in [-0.2, -0.15) is 0 Å². The zero-order valence-electron chi connectivity index (χ0n) is 11.5. The summed E-state index contributed by atoms with van der Waals surface area (Å²) in [7, 11) is 0. The number of hydrogen-bond donors (Lipinski definition) is 2. The number of hydrogen-bond acceptors (Lipinski definition) is 4. The monoisotopic (exact) mass is 277 g/mol. The van der Waals surface area contributed by atoms with Crippen LogP contribution in [0.5, 0.6) is 0 Å². The van der Waals surface area contributed by atoms with Crippen LogP contribution in [-0.4, -0.2) is 47.7 Å². The third kappa shape index (κ3) is 2.91. The smallest absolute Gasteiger partial charge is 0.254 e. The highest BCUT2D eigenvalue weighted by Gasteiger charge is 2.26. The topological polar surface area (TPSA) is 88.2 Å². The molecule has 108 valence electrons. The highest BCUT2D eigenvalue weighted by Crippen LogP contribution is 2.15. The van der Waals surface area contributed by atoms with Crippen LogP contribution in [0.3, 0.4) is 0 Å². The van der Waals surface area contributed by atoms with E-state index in [1.807, 2.05) is 11.8 Å². The molecule has 0 radical (unpaired) electrons. The van der Waals surface area contributed by atoms with E-state index >= 15 is 0 Å². The highest BCUT2D eigenvalue weighted by molar-refractivity contribution is 5.99. The quantitative estimate of drug-likeness (QED) is 0.374. The Bertz CT molecular complexity index is 499. The van der Waals surface area contributed by atoms with Crippen molar-refractivity contribution in [1.29, 1.82) is 0 Å². The number of amidine groups is 1. The van der Waals surface area contributed by atoms with E-state index in [1.165, 1.54) is 0 Å². The number of morpholine rings is 1. The van der Waals surface area contributed by atoms with Crippen molar-refractivity contribution in [3.8, 4) is 0 Å². The van der Waals surface area contributed by atoms with Crippen LogP contribution in [0.25, 0.3) is 0 Å². The summed E-state index contributed by atoms with van der Waals surface area (Å²) in [5.74, 6) is 0.0213. The molecule has 3 N–H and O–H groups in total. The Morgan fingerprint density at radius 3 is 2.70 bits per heavy atom. The first-order valence-electron chi connectivity index (χ1n) is 6.64. The molecule has 1 aliphatic rings. The van der Waals surface area contributed by atoms with Gasteiger partial charge in [0.25, 0.3) is 5.91 Å². The lowest BCUT2D eigenvalue weighted by atomic mass is 10.1. The molecule has 6 heteroatoms. The summed E-state index contributed by atoms with van der Waals surface area (Å²) in [5, 5.41) is 11.5. The second-order valence-corrected chi connectivity index (χ2v) is 4.70. The second kappa shape index (κ2) is 6.38. The van der Waals surface area contributed by atoms with Crippen LogP contribution in [0.2, 0.25) is 0 Å². The summed E-state index contributed by atoms with van der Waals surface area (Å²) in [6.45, 7) is 3.81. The van der Waals surface area contributed by atoms with Gasteiger partial charge in [0.2, 0.25) is 0 Å². The van der Waals surface area contributed by atoms with Gasteiger partial charge in [-0.25, -0.2) is 0 Å². The first-order chi connectivity index (χ1) is 9.67. The Balaban J connectivity index is 2.16. The van der Waals surface area contributed by atoms with Gasteiger partial charge < -0.3 is 20.6 Å². The Labute approximate surface area is 117 Å². The predicted molar refractivity (Wildman–Crippen MR) is 74.9 cm³/mol. The zero-order valence-corrected chi connectivity index (χ0v) is 11.5. The Morgan fingerprint density at radius 2 is 2.10 bits per heavy atom. The van der Waals surface area contributed by atoms with E-state index in [2.05, 4.69) is 5.16 Å². The molecule has 0 aromatic heterocycles. The number of oxime groups is 1. The van der Waals surface area contributed by atoms with Crippen molar-refractivity contribution in [3.05, 3.63) is 35.4 Å². The summed E-state index contributed by atoms with van der Waals surface area (Å²) in [4.78, 5) is 14.3. The minimum absolute atomic E-state index is 0.00814. The van der Waals surface area contributed by atoms with Crippen LogP contribution in [-0.2, 0) is 4.74 Å². The number of amides is 1. The fourth-order valence-corrected chi connectivity index (χ4v) is 2.27. The molecule has 1 aromatic rings. The van der Waals surface area contributed by atoms with Crippen LogP contribution >= 0.6 is 0 Å². The van der Waals surface area contributed by atoms with Crippen LogP contribution in [0.15, 0.2) is 29.4 Å². The summed E-state index contributed by atoms with van der Waals surface area (Å²) in [5.41, 5.74) is 6.67. The van der Waals surface area contributed by atoms with Crippen molar-refractivity contribution in [2.75, 3.05) is 19.8 Å². The molecule has 1 aliphatic heterocycles. The van der Waals surface area contributed by atoms with Gasteiger partial charge in [0.15, 0.2) is 5.84 Å². The Hall–Kier alpha value is -2.08. The number of benzene rings is 1. The lowest BCUT2D eigenvalue weighted by Gasteiger charge is -2.35. The number of rotatable bonds is 3. The van der Waals surface area contributed by atoms with Gasteiger partial charge in [-0.05, 0) is 18.6 Å². The van der Waals surface area contributed by atoms with Gasteiger partial charge in [-0.3, -0.25) is 4.79 Å². The molecule has 0 saturated carbocycles. The maximum atomic E-state index is 12.5. The summed E-state index contributed by atoms with van der Waals surface area (Å²) >= 11 is 0. The zero-order chi connectivity index (χ0) is 14.5. The van der Waals surface area contributed by atoms with Gasteiger partial charge in [0.1, 0.15) is 0 Å². The molecule has 1 fully saturated rings. The van der Waals surface area contributed by atoms with E-state index in [-0.39, 0.29) is 17.8 Å². The molecule has 6 nitrogen and oxygen atoms in total. The largest absolute Gasteiger partial charge is 0.409 e. The molecule has 2 rings (SSSR count). The van der Waals surface area contributed by atoms with Crippen molar-refractivity contribution in [2.24, 2.45) is 10.9 Å². The van der Waals surface area contributed by atoms with E-state index in [9.17, 15) is 4.79 Å². The highest BCUT2D eigenvalue weighted by atomic mass is 16.5. The lowest BCUT2D eigenvalue weighted by Crippen LogP contribution is -2.48.